The predicted octanol–water partition coefficient (Wildman–Crippen LogP) is 12.2. The lowest BCUT2D eigenvalue weighted by Crippen LogP contribution is -2.46. The van der Waals surface area contributed by atoms with Gasteiger partial charge < -0.3 is 9.31 Å². The summed E-state index contributed by atoms with van der Waals surface area (Å²) in [5, 5.41) is 0. The minimum Gasteiger partial charge on any atom is -0.532 e. The van der Waals surface area contributed by atoms with Crippen molar-refractivity contribution in [1.29, 1.82) is 0 Å². The van der Waals surface area contributed by atoms with Crippen molar-refractivity contribution < 1.29 is 9.31 Å². The van der Waals surface area contributed by atoms with Gasteiger partial charge >= 0.3 is 7.12 Å². The first kappa shape index (κ1) is 34.9. The van der Waals surface area contributed by atoms with Crippen molar-refractivity contribution in [3.05, 3.63) is 103 Å². The van der Waals surface area contributed by atoms with Gasteiger partial charge in [-0.3, -0.25) is 0 Å². The molecular formula is C44H57BO2S. The van der Waals surface area contributed by atoms with Crippen LogP contribution in [0.15, 0.2) is 112 Å². The van der Waals surface area contributed by atoms with Crippen LogP contribution in [0.2, 0.25) is 0 Å². The molecule has 1 aliphatic heterocycles. The largest absolute Gasteiger partial charge is 0.563 e. The van der Waals surface area contributed by atoms with Crippen LogP contribution in [0.25, 0.3) is 11.1 Å². The number of hydrogen-bond donors (Lipinski definition) is 0. The van der Waals surface area contributed by atoms with Gasteiger partial charge in [-0.15, -0.1) is 0 Å². The molecule has 1 heterocycles. The summed E-state index contributed by atoms with van der Waals surface area (Å²) in [5.74, 6) is 2.67. The minimum absolute atomic E-state index is 0.0536. The number of rotatable bonds is 7. The summed E-state index contributed by atoms with van der Waals surface area (Å²) in [6.45, 7) is 18.0. The smallest absolute Gasteiger partial charge is 0.532 e. The van der Waals surface area contributed by atoms with Gasteiger partial charge in [-0.2, -0.15) is 10.0 Å². The highest BCUT2D eigenvalue weighted by atomic mass is 32.3. The Morgan fingerprint density at radius 2 is 1.35 bits per heavy atom. The molecule has 2 nitrogen and oxygen atoms in total. The van der Waals surface area contributed by atoms with Crippen LogP contribution in [0.5, 0.6) is 5.75 Å². The van der Waals surface area contributed by atoms with E-state index in [1.807, 2.05) is 13.8 Å². The van der Waals surface area contributed by atoms with Gasteiger partial charge in [-0.05, 0) is 113 Å². The van der Waals surface area contributed by atoms with Crippen molar-refractivity contribution in [2.24, 2.45) is 11.8 Å². The number of hydrogen-bond acceptors (Lipinski definition) is 2. The van der Waals surface area contributed by atoms with Crippen LogP contribution in [0.3, 0.4) is 0 Å². The molecule has 2 fully saturated rings. The summed E-state index contributed by atoms with van der Waals surface area (Å²) >= 11 is 0. The minimum atomic E-state index is -1.72. The first-order chi connectivity index (χ1) is 23.2. The van der Waals surface area contributed by atoms with Gasteiger partial charge in [0.1, 0.15) is 5.75 Å². The molecule has 4 aromatic rings. The normalized spacial score (nSPS) is 22.1. The molecule has 2 aliphatic carbocycles. The van der Waals surface area contributed by atoms with Gasteiger partial charge in [0.25, 0.3) is 0 Å². The van der Waals surface area contributed by atoms with E-state index >= 15 is 0 Å². The van der Waals surface area contributed by atoms with Crippen LogP contribution in [-0.4, -0.2) is 18.0 Å². The van der Waals surface area contributed by atoms with Crippen LogP contribution in [0, 0.1) is 11.8 Å². The highest BCUT2D eigenvalue weighted by Gasteiger charge is 2.48. The van der Waals surface area contributed by atoms with E-state index in [1.165, 1.54) is 69.9 Å². The fourth-order valence-corrected chi connectivity index (χ4v) is 14.0. The molecule has 0 N–H and O–H groups in total. The molecule has 4 aromatic carbocycles. The van der Waals surface area contributed by atoms with Crippen molar-refractivity contribution in [3.8, 4) is 16.9 Å². The molecular weight excluding hydrogens is 603 g/mol. The van der Waals surface area contributed by atoms with Crippen LogP contribution in [0.4, 0.5) is 0 Å². The number of benzene rings is 4. The second-order valence-corrected chi connectivity index (χ2v) is 19.2. The highest BCUT2D eigenvalue weighted by Crippen LogP contribution is 2.76. The third-order valence-corrected chi connectivity index (χ3v) is 15.9. The zero-order valence-corrected chi connectivity index (χ0v) is 31.5. The standard InChI is InChI=1S/C42H51BO2S.C2H6/c1-7-42(28-31-17-16-18-32(25-31)29-42)38-27-35(26-37-36-23-14-15-24-39(36)43(44-30(2)3)45-40(37)38)46(41(4,5)6,33-19-10-8-11-20-33)34-21-12-9-13-22-34;1-2/h8-15,19-24,26-27,30-32H,7,16-18,25,28-29H2,1-6H3;1-2H3. The van der Waals surface area contributed by atoms with Gasteiger partial charge in [0.05, 0.1) is 0 Å². The van der Waals surface area contributed by atoms with Crippen molar-refractivity contribution in [3.63, 3.8) is 0 Å². The molecule has 0 saturated heterocycles. The lowest BCUT2D eigenvalue weighted by atomic mass is 9.57. The molecule has 2 bridgehead atoms. The van der Waals surface area contributed by atoms with Crippen LogP contribution in [0.1, 0.15) is 106 Å². The Kier molecular flexibility index (Phi) is 10.3. The molecule has 3 aliphatic rings. The number of fused-ring (bicyclic) bond motifs is 5. The van der Waals surface area contributed by atoms with Crippen LogP contribution in [-0.2, 0) is 10.1 Å². The van der Waals surface area contributed by atoms with E-state index < -0.39 is 17.1 Å². The van der Waals surface area contributed by atoms with E-state index in [0.717, 1.165) is 29.5 Å². The second-order valence-electron chi connectivity index (χ2n) is 15.4. The Balaban J connectivity index is 0.00000197. The van der Waals surface area contributed by atoms with Crippen molar-refractivity contribution in [2.75, 3.05) is 0 Å². The van der Waals surface area contributed by atoms with Crippen molar-refractivity contribution in [2.45, 2.75) is 131 Å². The third-order valence-electron chi connectivity index (χ3n) is 11.2. The fourth-order valence-electron chi connectivity index (χ4n) is 9.35. The Labute approximate surface area is 293 Å². The molecule has 0 radical (unpaired) electrons. The first-order valence-corrected chi connectivity index (χ1v) is 20.3. The molecule has 4 heteroatoms. The molecule has 2 saturated carbocycles. The summed E-state index contributed by atoms with van der Waals surface area (Å²) in [5.41, 5.74) is 5.14. The molecule has 2 unspecified atom stereocenters. The predicted molar refractivity (Wildman–Crippen MR) is 207 cm³/mol. The molecule has 0 amide bonds. The van der Waals surface area contributed by atoms with Gasteiger partial charge in [0, 0.05) is 27.4 Å². The molecule has 2 atom stereocenters. The quantitative estimate of drug-likeness (QED) is 0.184. The van der Waals surface area contributed by atoms with Gasteiger partial charge in [-0.1, -0.05) is 121 Å². The summed E-state index contributed by atoms with van der Waals surface area (Å²) in [6, 6.07) is 36.7. The average molecular weight is 661 g/mol. The Morgan fingerprint density at radius 1 is 0.792 bits per heavy atom. The van der Waals surface area contributed by atoms with Crippen molar-refractivity contribution in [1.82, 2.24) is 0 Å². The molecule has 48 heavy (non-hydrogen) atoms. The second kappa shape index (κ2) is 14.1. The maximum Gasteiger partial charge on any atom is 0.563 e. The SMILES string of the molecule is CC.CCC1(c2cc(S(c3ccccc3)(c3ccccc3)C(C)(C)C)cc3c2OB(OC(C)C)c2ccccc2-3)CC2CCCC(C2)C1. The highest BCUT2D eigenvalue weighted by molar-refractivity contribution is 8.34. The van der Waals surface area contributed by atoms with Gasteiger partial charge in [0.15, 0.2) is 0 Å². The third kappa shape index (κ3) is 6.06. The van der Waals surface area contributed by atoms with E-state index in [-0.39, 0.29) is 16.3 Å². The van der Waals surface area contributed by atoms with E-state index in [1.54, 1.807) is 0 Å². The van der Waals surface area contributed by atoms with E-state index in [0.29, 0.717) is 0 Å². The Hall–Kier alpha value is -2.95. The van der Waals surface area contributed by atoms with Crippen LogP contribution < -0.4 is 10.1 Å². The molecule has 254 valence electrons. The van der Waals surface area contributed by atoms with E-state index in [9.17, 15) is 0 Å². The fraction of sp³-hybridized carbons (Fsp3) is 0.455. The summed E-state index contributed by atoms with van der Waals surface area (Å²) in [6.07, 6.45) is 9.23. The summed E-state index contributed by atoms with van der Waals surface area (Å²) < 4.78 is 13.6. The maximum atomic E-state index is 7.15. The monoisotopic (exact) mass is 660 g/mol. The van der Waals surface area contributed by atoms with Gasteiger partial charge in [0.2, 0.25) is 0 Å². The molecule has 0 spiro atoms. The van der Waals surface area contributed by atoms with Crippen molar-refractivity contribution >= 4 is 22.6 Å². The van der Waals surface area contributed by atoms with Crippen LogP contribution >= 0.6 is 10.0 Å². The first-order valence-electron chi connectivity index (χ1n) is 18.7. The Bertz CT molecular complexity index is 1620. The molecule has 7 rings (SSSR count). The van der Waals surface area contributed by atoms with E-state index in [2.05, 4.69) is 139 Å². The van der Waals surface area contributed by atoms with E-state index in [4.69, 9.17) is 9.31 Å². The lowest BCUT2D eigenvalue weighted by Gasteiger charge is -2.53. The zero-order chi connectivity index (χ0) is 34.1. The lowest BCUT2D eigenvalue weighted by molar-refractivity contribution is 0.105. The topological polar surface area (TPSA) is 18.5 Å². The zero-order valence-electron chi connectivity index (χ0n) is 30.7. The summed E-state index contributed by atoms with van der Waals surface area (Å²) in [7, 11) is -2.13. The molecule has 0 aromatic heterocycles. The maximum absolute atomic E-state index is 7.15. The average Bonchev–Trinajstić information content (AvgIpc) is 3.09. The summed E-state index contributed by atoms with van der Waals surface area (Å²) in [4.78, 5) is 4.27. The van der Waals surface area contributed by atoms with Gasteiger partial charge in [-0.25, -0.2) is 0 Å². The Morgan fingerprint density at radius 3 is 1.90 bits per heavy atom.